The summed E-state index contributed by atoms with van der Waals surface area (Å²) >= 11 is 0. The topological polar surface area (TPSA) is 292 Å². The minimum Gasteiger partial charge on any atom is -0.481 e. The molecule has 238 valence electrons. The zero-order valence-corrected chi connectivity index (χ0v) is 23.5. The molecule has 0 aromatic rings. The molecule has 1 aliphatic rings. The molecule has 6 unspecified atom stereocenters. The van der Waals surface area contributed by atoms with Crippen LogP contribution in [0.4, 0.5) is 0 Å². The number of nitrogens with zero attached hydrogens (tertiary/aromatic N) is 1. The average molecular weight is 603 g/mol. The van der Waals surface area contributed by atoms with E-state index >= 15 is 0 Å². The van der Waals surface area contributed by atoms with Crippen molar-refractivity contribution in [2.45, 2.75) is 101 Å². The minimum atomic E-state index is -1.53. The van der Waals surface area contributed by atoms with Crippen molar-refractivity contribution in [1.29, 1.82) is 0 Å². The van der Waals surface area contributed by atoms with E-state index in [1.54, 1.807) is 0 Å². The molecule has 1 saturated heterocycles. The monoisotopic (exact) mass is 602 g/mol. The van der Waals surface area contributed by atoms with Crippen molar-refractivity contribution in [2.24, 2.45) is 11.5 Å². The van der Waals surface area contributed by atoms with Crippen LogP contribution in [0.1, 0.15) is 64.7 Å². The molecule has 0 radical (unpaired) electrons. The van der Waals surface area contributed by atoms with Crippen LogP contribution in [-0.4, -0.2) is 116 Å². The second-order valence-electron chi connectivity index (χ2n) is 10.1. The molecule has 0 aromatic carbocycles. The van der Waals surface area contributed by atoms with Crippen LogP contribution in [0, 0.1) is 0 Å². The quantitative estimate of drug-likeness (QED) is 0.0670. The van der Waals surface area contributed by atoms with Gasteiger partial charge in [0.1, 0.15) is 30.2 Å². The summed E-state index contributed by atoms with van der Waals surface area (Å²) in [5, 5.41) is 44.4. The van der Waals surface area contributed by atoms with Crippen LogP contribution < -0.4 is 27.4 Å². The van der Waals surface area contributed by atoms with Crippen molar-refractivity contribution in [3.05, 3.63) is 0 Å². The fraction of sp³-hybridized carbons (Fsp3) is 0.720. The molecule has 1 fully saturated rings. The molecule has 42 heavy (non-hydrogen) atoms. The van der Waals surface area contributed by atoms with Gasteiger partial charge in [0.25, 0.3) is 0 Å². The number of aliphatic hydroxyl groups is 1. The van der Waals surface area contributed by atoms with Crippen molar-refractivity contribution < 1.29 is 54.0 Å². The first-order chi connectivity index (χ1) is 19.7. The van der Waals surface area contributed by atoms with Crippen LogP contribution in [0.5, 0.6) is 0 Å². The summed E-state index contributed by atoms with van der Waals surface area (Å²) in [4.78, 5) is 87.1. The minimum absolute atomic E-state index is 0.0322. The molecular weight excluding hydrogens is 560 g/mol. The number of hydrogen-bond acceptors (Lipinski definition) is 10. The molecule has 6 atom stereocenters. The maximum absolute atomic E-state index is 13.2. The lowest BCUT2D eigenvalue weighted by Gasteiger charge is -2.29. The third-order valence-electron chi connectivity index (χ3n) is 6.76. The van der Waals surface area contributed by atoms with Gasteiger partial charge in [-0.3, -0.25) is 28.8 Å². The molecule has 1 aliphatic heterocycles. The maximum Gasteiger partial charge on any atom is 0.326 e. The SMILES string of the molecule is CC(O)C(N)C(=O)N1CCCC1C(=O)NC(CCC(=O)O)C(=O)NC(CCC(=O)O)C(=O)NC(CCCCN)C(=O)O. The molecule has 0 spiro atoms. The highest BCUT2D eigenvalue weighted by Gasteiger charge is 2.39. The fourth-order valence-corrected chi connectivity index (χ4v) is 4.34. The Kier molecular flexibility index (Phi) is 15.4. The summed E-state index contributed by atoms with van der Waals surface area (Å²) in [7, 11) is 0. The van der Waals surface area contributed by atoms with Crippen molar-refractivity contribution in [3.8, 4) is 0 Å². The van der Waals surface area contributed by atoms with Gasteiger partial charge in [0.2, 0.25) is 23.6 Å². The van der Waals surface area contributed by atoms with Crippen molar-refractivity contribution in [3.63, 3.8) is 0 Å². The average Bonchev–Trinajstić information content (AvgIpc) is 3.41. The van der Waals surface area contributed by atoms with Crippen LogP contribution in [0.2, 0.25) is 0 Å². The Morgan fingerprint density at radius 2 is 1.36 bits per heavy atom. The third kappa shape index (κ3) is 12.0. The molecule has 1 rings (SSSR count). The zero-order chi connectivity index (χ0) is 32.0. The number of hydrogen-bond donors (Lipinski definition) is 9. The first-order valence-corrected chi connectivity index (χ1v) is 13.7. The molecule has 17 heteroatoms. The molecule has 0 aromatic heterocycles. The van der Waals surface area contributed by atoms with Crippen molar-refractivity contribution in [1.82, 2.24) is 20.9 Å². The number of unbranched alkanes of at least 4 members (excludes halogenated alkanes) is 1. The second-order valence-corrected chi connectivity index (χ2v) is 10.1. The number of nitrogens with two attached hydrogens (primary N) is 2. The molecule has 17 nitrogen and oxygen atoms in total. The zero-order valence-electron chi connectivity index (χ0n) is 23.5. The number of aliphatic hydroxyl groups excluding tert-OH is 1. The van der Waals surface area contributed by atoms with E-state index in [1.807, 2.05) is 0 Å². The van der Waals surface area contributed by atoms with E-state index in [1.165, 1.54) is 11.8 Å². The van der Waals surface area contributed by atoms with E-state index in [0.29, 0.717) is 25.8 Å². The highest BCUT2D eigenvalue weighted by molar-refractivity contribution is 5.96. The predicted molar refractivity (Wildman–Crippen MR) is 144 cm³/mol. The van der Waals surface area contributed by atoms with Crippen LogP contribution >= 0.6 is 0 Å². The Morgan fingerprint density at radius 1 is 0.833 bits per heavy atom. The Morgan fingerprint density at radius 3 is 1.83 bits per heavy atom. The Balaban J connectivity index is 3.11. The Hall–Kier alpha value is -3.83. The van der Waals surface area contributed by atoms with Crippen LogP contribution in [-0.2, 0) is 33.6 Å². The van der Waals surface area contributed by atoms with Crippen LogP contribution in [0.15, 0.2) is 0 Å². The number of carbonyl (C=O) groups is 7. The molecule has 1 heterocycles. The van der Waals surface area contributed by atoms with E-state index in [9.17, 15) is 43.8 Å². The summed E-state index contributed by atoms with van der Waals surface area (Å²) in [6.45, 7) is 1.79. The van der Waals surface area contributed by atoms with Gasteiger partial charge in [-0.15, -0.1) is 0 Å². The highest BCUT2D eigenvalue weighted by Crippen LogP contribution is 2.19. The fourth-order valence-electron chi connectivity index (χ4n) is 4.34. The van der Waals surface area contributed by atoms with Crippen LogP contribution in [0.3, 0.4) is 0 Å². The summed E-state index contributed by atoms with van der Waals surface area (Å²) < 4.78 is 0. The van der Waals surface area contributed by atoms with Gasteiger partial charge in [0.05, 0.1) is 6.10 Å². The lowest BCUT2D eigenvalue weighted by atomic mass is 10.0. The van der Waals surface area contributed by atoms with E-state index in [0.717, 1.165) is 0 Å². The third-order valence-corrected chi connectivity index (χ3v) is 6.76. The summed E-state index contributed by atoms with van der Waals surface area (Å²) in [5.41, 5.74) is 11.1. The number of aliphatic carboxylic acids is 3. The van der Waals surface area contributed by atoms with Gasteiger partial charge in [-0.25, -0.2) is 4.79 Å². The van der Waals surface area contributed by atoms with Crippen molar-refractivity contribution >= 4 is 41.5 Å². The smallest absolute Gasteiger partial charge is 0.326 e. The Labute approximate surface area is 242 Å². The lowest BCUT2D eigenvalue weighted by molar-refractivity contribution is -0.143. The van der Waals surface area contributed by atoms with Crippen LogP contribution in [0.25, 0.3) is 0 Å². The normalized spacial score (nSPS) is 18.2. The number of rotatable bonds is 19. The number of carboxylic acid groups (broad SMARTS) is 3. The highest BCUT2D eigenvalue weighted by atomic mass is 16.4. The molecule has 0 bridgehead atoms. The second kappa shape index (κ2) is 17.9. The van der Waals surface area contributed by atoms with Gasteiger partial charge < -0.3 is 52.7 Å². The largest absolute Gasteiger partial charge is 0.481 e. The number of nitrogens with one attached hydrogen (secondary N) is 3. The van der Waals surface area contributed by atoms with E-state index < -0.39 is 104 Å². The molecule has 4 amide bonds. The maximum atomic E-state index is 13.2. The predicted octanol–water partition coefficient (Wildman–Crippen LogP) is -2.92. The number of carboxylic acids is 3. The van der Waals surface area contributed by atoms with E-state index in [2.05, 4.69) is 16.0 Å². The standard InChI is InChI=1S/C25H42N6O11/c1-13(32)20(27)24(40)31-12-4-6-17(31)23(39)29-15(8-10-19(35)36)21(37)28-14(7-9-18(33)34)22(38)30-16(25(41)42)5-2-3-11-26/h13-17,20,32H,2-12,26-27H2,1H3,(H,28,37)(H,29,39)(H,30,38)(H,33,34)(H,35,36)(H,41,42). The summed E-state index contributed by atoms with van der Waals surface area (Å²) in [6.07, 6.45) is -1.61. The van der Waals surface area contributed by atoms with E-state index in [-0.39, 0.29) is 19.4 Å². The van der Waals surface area contributed by atoms with Gasteiger partial charge in [0.15, 0.2) is 0 Å². The number of carbonyl (C=O) groups excluding carboxylic acids is 4. The molecule has 0 saturated carbocycles. The summed E-state index contributed by atoms with van der Waals surface area (Å²) in [5.74, 6) is -7.39. The first-order valence-electron chi connectivity index (χ1n) is 13.7. The van der Waals surface area contributed by atoms with Crippen molar-refractivity contribution in [2.75, 3.05) is 13.1 Å². The van der Waals surface area contributed by atoms with Gasteiger partial charge >= 0.3 is 17.9 Å². The van der Waals surface area contributed by atoms with Gasteiger partial charge in [-0.2, -0.15) is 0 Å². The van der Waals surface area contributed by atoms with E-state index in [4.69, 9.17) is 21.7 Å². The molecular formula is C25H42N6O11. The number of likely N-dealkylation sites (tertiary alicyclic amines) is 1. The van der Waals surface area contributed by atoms with Gasteiger partial charge in [0, 0.05) is 19.4 Å². The summed E-state index contributed by atoms with van der Waals surface area (Å²) in [6, 6.07) is -6.71. The lowest BCUT2D eigenvalue weighted by Crippen LogP contribution is -2.58. The number of amides is 4. The first kappa shape index (κ1) is 36.2. The van der Waals surface area contributed by atoms with Gasteiger partial charge in [-0.1, -0.05) is 0 Å². The Bertz CT molecular complexity index is 992. The van der Waals surface area contributed by atoms with Gasteiger partial charge in [-0.05, 0) is 58.4 Å². The molecule has 11 N–H and O–H groups in total. The molecule has 0 aliphatic carbocycles.